The number of piperidine rings is 1. The zero-order chi connectivity index (χ0) is 16.3. The van der Waals surface area contributed by atoms with Crippen molar-refractivity contribution in [3.05, 3.63) is 18.0 Å². The maximum atomic E-state index is 4.88. The fraction of sp³-hybridized carbons (Fsp3) is 0.750. The van der Waals surface area contributed by atoms with Crippen molar-refractivity contribution in [2.24, 2.45) is 18.0 Å². The van der Waals surface area contributed by atoms with Gasteiger partial charge in [0.25, 0.3) is 0 Å². The first-order valence-corrected chi connectivity index (χ1v) is 7.99. The zero-order valence-electron chi connectivity index (χ0n) is 14.8. The van der Waals surface area contributed by atoms with Crippen LogP contribution in [-0.2, 0) is 7.05 Å². The molecule has 0 unspecified atom stereocenters. The van der Waals surface area contributed by atoms with Crippen LogP contribution in [0.3, 0.4) is 0 Å². The Kier molecular flexibility index (Phi) is 5.45. The first-order valence-electron chi connectivity index (χ1n) is 7.99. The molecule has 0 spiro atoms. The molecule has 124 valence electrons. The van der Waals surface area contributed by atoms with Gasteiger partial charge in [-0.1, -0.05) is 0 Å². The summed E-state index contributed by atoms with van der Waals surface area (Å²) in [4.78, 5) is 11.5. The van der Waals surface area contributed by atoms with Crippen LogP contribution in [0.15, 0.2) is 17.3 Å². The lowest BCUT2D eigenvalue weighted by Crippen LogP contribution is -2.40. The van der Waals surface area contributed by atoms with Gasteiger partial charge in [0, 0.05) is 48.0 Å². The highest BCUT2D eigenvalue weighted by atomic mass is 15.3. The van der Waals surface area contributed by atoms with E-state index in [1.54, 1.807) is 0 Å². The van der Waals surface area contributed by atoms with E-state index in [2.05, 4.69) is 32.9 Å². The average molecular weight is 306 g/mol. The molecule has 0 radical (unpaired) electrons. The van der Waals surface area contributed by atoms with E-state index in [9.17, 15) is 0 Å². The highest BCUT2D eigenvalue weighted by Crippen LogP contribution is 2.34. The van der Waals surface area contributed by atoms with E-state index >= 15 is 0 Å². The summed E-state index contributed by atoms with van der Waals surface area (Å²) in [5.41, 5.74) is 1.29. The number of aryl methyl sites for hydroxylation is 1. The summed E-state index contributed by atoms with van der Waals surface area (Å²) in [6.45, 7) is 2.00. The van der Waals surface area contributed by atoms with Gasteiger partial charge in [-0.15, -0.1) is 0 Å². The monoisotopic (exact) mass is 306 g/mol. The van der Waals surface area contributed by atoms with Gasteiger partial charge >= 0.3 is 0 Å². The van der Waals surface area contributed by atoms with E-state index in [1.807, 2.05) is 46.1 Å². The molecule has 1 fully saturated rings. The summed E-state index contributed by atoms with van der Waals surface area (Å²) in [7, 11) is 12.4. The van der Waals surface area contributed by atoms with Crippen LogP contribution in [0.4, 0.5) is 0 Å². The fourth-order valence-electron chi connectivity index (χ4n) is 3.47. The Balaban J connectivity index is 2.20. The second-order valence-corrected chi connectivity index (χ2v) is 6.64. The quantitative estimate of drug-likeness (QED) is 0.623. The SMILES string of the molecule is CN(C)C(=NC[C@@H]1CCCN(C)[C@H]1c1ccnn1C)N(C)C. The summed E-state index contributed by atoms with van der Waals surface area (Å²) >= 11 is 0. The molecule has 2 rings (SSSR count). The smallest absolute Gasteiger partial charge is 0.195 e. The second kappa shape index (κ2) is 7.13. The lowest BCUT2D eigenvalue weighted by molar-refractivity contribution is 0.118. The molecule has 1 aliphatic heterocycles. The molecule has 0 aromatic carbocycles. The second-order valence-electron chi connectivity index (χ2n) is 6.64. The first-order chi connectivity index (χ1) is 10.4. The van der Waals surface area contributed by atoms with E-state index < -0.39 is 0 Å². The van der Waals surface area contributed by atoms with Crippen LogP contribution < -0.4 is 0 Å². The number of guanidine groups is 1. The lowest BCUT2D eigenvalue weighted by Gasteiger charge is -2.38. The molecule has 22 heavy (non-hydrogen) atoms. The highest BCUT2D eigenvalue weighted by Gasteiger charge is 2.32. The predicted molar refractivity (Wildman–Crippen MR) is 91.0 cm³/mol. The Morgan fingerprint density at radius 3 is 2.50 bits per heavy atom. The van der Waals surface area contributed by atoms with Gasteiger partial charge in [0.15, 0.2) is 5.96 Å². The molecule has 0 aliphatic carbocycles. The van der Waals surface area contributed by atoms with Gasteiger partial charge in [0.05, 0.1) is 11.7 Å². The van der Waals surface area contributed by atoms with Gasteiger partial charge in [-0.05, 0) is 38.4 Å². The predicted octanol–water partition coefficient (Wildman–Crippen LogP) is 1.28. The maximum absolute atomic E-state index is 4.88. The van der Waals surface area contributed by atoms with Gasteiger partial charge in [-0.25, -0.2) is 0 Å². The van der Waals surface area contributed by atoms with Gasteiger partial charge < -0.3 is 9.80 Å². The normalized spacial score (nSPS) is 22.5. The summed E-state index contributed by atoms with van der Waals surface area (Å²) in [5.74, 6) is 1.56. The molecule has 1 saturated heterocycles. The standard InChI is InChI=1S/C16H30N6/c1-19(2)16(20(3)4)17-12-13-8-7-11-21(5)15(13)14-9-10-18-22(14)6/h9-10,13,15H,7-8,11-12H2,1-6H3/t13-,15+/m0/s1. The minimum absolute atomic E-state index is 0.399. The number of rotatable bonds is 3. The minimum Gasteiger partial charge on any atom is -0.349 e. The molecule has 6 nitrogen and oxygen atoms in total. The van der Waals surface area contributed by atoms with Crippen molar-refractivity contribution in [2.75, 3.05) is 48.3 Å². The van der Waals surface area contributed by atoms with Crippen LogP contribution in [0.25, 0.3) is 0 Å². The molecular formula is C16H30N6. The zero-order valence-corrected chi connectivity index (χ0v) is 14.8. The highest BCUT2D eigenvalue weighted by molar-refractivity contribution is 5.79. The Labute approximate surface area is 134 Å². The minimum atomic E-state index is 0.399. The molecule has 2 atom stereocenters. The van der Waals surface area contributed by atoms with Crippen molar-refractivity contribution in [1.82, 2.24) is 24.5 Å². The third kappa shape index (κ3) is 3.61. The van der Waals surface area contributed by atoms with Crippen LogP contribution in [0.5, 0.6) is 0 Å². The van der Waals surface area contributed by atoms with Gasteiger partial charge in [-0.2, -0.15) is 5.10 Å². The van der Waals surface area contributed by atoms with Gasteiger partial charge in [-0.3, -0.25) is 14.6 Å². The topological polar surface area (TPSA) is 39.9 Å². The summed E-state index contributed by atoms with van der Waals surface area (Å²) < 4.78 is 2.00. The summed E-state index contributed by atoms with van der Waals surface area (Å²) in [5, 5.41) is 4.35. The van der Waals surface area contributed by atoms with Crippen molar-refractivity contribution in [3.63, 3.8) is 0 Å². The van der Waals surface area contributed by atoms with E-state index in [1.165, 1.54) is 18.5 Å². The maximum Gasteiger partial charge on any atom is 0.195 e. The lowest BCUT2D eigenvalue weighted by atomic mass is 9.87. The molecule has 6 heteroatoms. The first kappa shape index (κ1) is 16.8. The van der Waals surface area contributed by atoms with Crippen LogP contribution in [0.2, 0.25) is 0 Å². The number of nitrogens with zero attached hydrogens (tertiary/aromatic N) is 6. The van der Waals surface area contributed by atoms with E-state index in [-0.39, 0.29) is 0 Å². The molecule has 0 saturated carbocycles. The Morgan fingerprint density at radius 1 is 1.27 bits per heavy atom. The van der Waals surface area contributed by atoms with E-state index in [0.29, 0.717) is 12.0 Å². The van der Waals surface area contributed by atoms with E-state index in [0.717, 1.165) is 19.0 Å². The third-order valence-electron chi connectivity index (χ3n) is 4.44. The fourth-order valence-corrected chi connectivity index (χ4v) is 3.47. The van der Waals surface area contributed by atoms with Crippen molar-refractivity contribution < 1.29 is 0 Å². The average Bonchev–Trinajstić information content (AvgIpc) is 2.84. The van der Waals surface area contributed by atoms with Gasteiger partial charge in [0.1, 0.15) is 0 Å². The molecule has 0 bridgehead atoms. The van der Waals surface area contributed by atoms with Crippen molar-refractivity contribution in [1.29, 1.82) is 0 Å². The van der Waals surface area contributed by atoms with Crippen LogP contribution in [0, 0.1) is 5.92 Å². The van der Waals surface area contributed by atoms with Crippen molar-refractivity contribution in [3.8, 4) is 0 Å². The molecule has 1 aliphatic rings. The third-order valence-corrected chi connectivity index (χ3v) is 4.44. The van der Waals surface area contributed by atoms with E-state index in [4.69, 9.17) is 4.99 Å². The molecule has 0 amide bonds. The number of hydrogen-bond donors (Lipinski definition) is 0. The number of likely N-dealkylation sites (tertiary alicyclic amines) is 1. The number of aromatic nitrogens is 2. The molecule has 0 N–H and O–H groups in total. The Morgan fingerprint density at radius 2 is 1.95 bits per heavy atom. The molecule has 1 aromatic heterocycles. The van der Waals surface area contributed by atoms with Crippen LogP contribution in [-0.4, -0.2) is 78.8 Å². The number of aliphatic imine (C=N–C) groups is 1. The molecule has 1 aromatic rings. The van der Waals surface area contributed by atoms with Crippen LogP contribution >= 0.6 is 0 Å². The number of hydrogen-bond acceptors (Lipinski definition) is 3. The Bertz CT molecular complexity index is 494. The summed E-state index contributed by atoms with van der Waals surface area (Å²) in [6, 6.07) is 2.54. The largest absolute Gasteiger partial charge is 0.349 e. The summed E-state index contributed by atoms with van der Waals surface area (Å²) in [6.07, 6.45) is 4.35. The molecular weight excluding hydrogens is 276 g/mol. The Hall–Kier alpha value is -1.56. The molecule has 2 heterocycles. The van der Waals surface area contributed by atoms with Gasteiger partial charge in [0.2, 0.25) is 0 Å². The van der Waals surface area contributed by atoms with Crippen molar-refractivity contribution >= 4 is 5.96 Å². The van der Waals surface area contributed by atoms with Crippen LogP contribution in [0.1, 0.15) is 24.6 Å². The van der Waals surface area contributed by atoms with Crippen molar-refractivity contribution in [2.45, 2.75) is 18.9 Å².